The van der Waals surface area contributed by atoms with Gasteiger partial charge in [-0.25, -0.2) is 8.78 Å². The van der Waals surface area contributed by atoms with E-state index in [0.29, 0.717) is 18.4 Å². The minimum absolute atomic E-state index is 0.0544. The molecule has 27 heavy (non-hydrogen) atoms. The van der Waals surface area contributed by atoms with Gasteiger partial charge in [-0.05, 0) is 25.8 Å². The lowest BCUT2D eigenvalue weighted by Gasteiger charge is -2.41. The van der Waals surface area contributed by atoms with E-state index >= 15 is 0 Å². The van der Waals surface area contributed by atoms with Gasteiger partial charge in [0.15, 0.2) is 6.10 Å². The third-order valence-electron chi connectivity index (χ3n) is 5.17. The van der Waals surface area contributed by atoms with Gasteiger partial charge in [0.05, 0.1) is 17.0 Å². The van der Waals surface area contributed by atoms with Crippen LogP contribution in [0.25, 0.3) is 0 Å². The van der Waals surface area contributed by atoms with E-state index in [0.717, 1.165) is 0 Å². The number of likely N-dealkylation sites (tertiary alicyclic amines) is 1. The van der Waals surface area contributed by atoms with Gasteiger partial charge >= 0.3 is 0 Å². The molecule has 1 unspecified atom stereocenters. The molecule has 0 aliphatic carbocycles. The highest BCUT2D eigenvalue weighted by atomic mass is 19.3. The fourth-order valence-corrected chi connectivity index (χ4v) is 3.80. The maximum absolute atomic E-state index is 12.9. The van der Waals surface area contributed by atoms with Gasteiger partial charge in [0.1, 0.15) is 0 Å². The molecule has 2 saturated heterocycles. The van der Waals surface area contributed by atoms with Gasteiger partial charge in [-0.15, -0.1) is 0 Å². The minimum Gasteiger partial charge on any atom is -0.378 e. The third kappa shape index (κ3) is 3.48. The summed E-state index contributed by atoms with van der Waals surface area (Å²) in [5, 5.41) is 20.4. The summed E-state index contributed by atoms with van der Waals surface area (Å²) < 4.78 is 25.2. The summed E-state index contributed by atoms with van der Waals surface area (Å²) in [7, 11) is 0. The summed E-state index contributed by atoms with van der Waals surface area (Å²) in [6.07, 6.45) is -4.34. The fourth-order valence-electron chi connectivity index (χ4n) is 3.80. The van der Waals surface area contributed by atoms with Crippen LogP contribution in [0, 0.1) is 17.0 Å². The number of nitro benzene ring substituents is 1. The van der Waals surface area contributed by atoms with Crippen LogP contribution < -0.4 is 0 Å². The second-order valence-corrected chi connectivity index (χ2v) is 6.88. The number of halogens is 2. The first-order valence-corrected chi connectivity index (χ1v) is 8.53. The van der Waals surface area contributed by atoms with Crippen LogP contribution in [0.1, 0.15) is 28.8 Å². The smallest absolute Gasteiger partial charge is 0.273 e. The molecule has 8 nitrogen and oxygen atoms in total. The van der Waals surface area contributed by atoms with Crippen molar-refractivity contribution < 1.29 is 28.4 Å². The molecule has 10 heteroatoms. The number of benzene rings is 1. The molecule has 2 amide bonds. The molecular weight excluding hydrogens is 364 g/mol. The normalized spacial score (nSPS) is 22.9. The van der Waals surface area contributed by atoms with Crippen LogP contribution >= 0.6 is 0 Å². The third-order valence-corrected chi connectivity index (χ3v) is 5.17. The number of carbonyl (C=O) groups excluding carboxylic acids is 2. The number of piperazine rings is 1. The lowest BCUT2D eigenvalue weighted by Crippen LogP contribution is -2.59. The maximum Gasteiger partial charge on any atom is 0.273 e. The number of alkyl halides is 2. The molecule has 1 N–H and O–H groups in total. The molecule has 3 atom stereocenters. The molecule has 0 spiro atoms. The van der Waals surface area contributed by atoms with E-state index < -0.39 is 23.4 Å². The summed E-state index contributed by atoms with van der Waals surface area (Å²) in [6.45, 7) is 1.69. The van der Waals surface area contributed by atoms with Crippen molar-refractivity contribution in [1.29, 1.82) is 0 Å². The lowest BCUT2D eigenvalue weighted by atomic mass is 10.1. The van der Waals surface area contributed by atoms with Crippen molar-refractivity contribution in [1.82, 2.24) is 9.80 Å². The van der Waals surface area contributed by atoms with Crippen LogP contribution in [0.4, 0.5) is 14.5 Å². The van der Waals surface area contributed by atoms with Gasteiger partial charge in [-0.1, -0.05) is 6.07 Å². The van der Waals surface area contributed by atoms with Gasteiger partial charge < -0.3 is 14.9 Å². The molecule has 2 heterocycles. The van der Waals surface area contributed by atoms with Crippen molar-refractivity contribution in [2.45, 2.75) is 44.4 Å². The number of rotatable bonds is 4. The maximum atomic E-state index is 12.9. The highest BCUT2D eigenvalue weighted by Crippen LogP contribution is 2.33. The standard InChI is InChI=1S/C17H19F2N3O5/c1-9-2-3-10(6-13(9)22(26)27)16(24)21-11-4-5-12(21)8-20(7-11)17(25)14(23)15(18)19/h2-3,6,11-12,14-15,23H,4-5,7-8H2,1H3/t11-,12+,14?. The summed E-state index contributed by atoms with van der Waals surface area (Å²) in [6, 6.07) is 3.51. The molecule has 2 aliphatic heterocycles. The van der Waals surface area contributed by atoms with E-state index in [1.807, 2.05) is 0 Å². The Hall–Kier alpha value is -2.62. The zero-order chi connectivity index (χ0) is 19.9. The average molecular weight is 383 g/mol. The summed E-state index contributed by atoms with van der Waals surface area (Å²) in [5.41, 5.74) is 0.467. The van der Waals surface area contributed by atoms with Gasteiger partial charge in [-0.2, -0.15) is 0 Å². The molecule has 3 rings (SSSR count). The molecule has 2 bridgehead atoms. The van der Waals surface area contributed by atoms with E-state index in [1.54, 1.807) is 11.8 Å². The second kappa shape index (κ2) is 7.18. The Bertz CT molecular complexity index is 774. The van der Waals surface area contributed by atoms with Crippen molar-refractivity contribution >= 4 is 17.5 Å². The predicted octanol–water partition coefficient (Wildman–Crippen LogP) is 1.34. The molecule has 0 saturated carbocycles. The molecular formula is C17H19F2N3O5. The van der Waals surface area contributed by atoms with E-state index in [2.05, 4.69) is 0 Å². The SMILES string of the molecule is Cc1ccc(C(=O)N2[C@@H]3CC[C@H]2CN(C(=O)C(O)C(F)F)C3)cc1[N+](=O)[O-]. The molecule has 2 aliphatic rings. The Morgan fingerprint density at radius 1 is 1.26 bits per heavy atom. The monoisotopic (exact) mass is 383 g/mol. The second-order valence-electron chi connectivity index (χ2n) is 6.88. The van der Waals surface area contributed by atoms with E-state index in [4.69, 9.17) is 0 Å². The largest absolute Gasteiger partial charge is 0.378 e. The van der Waals surface area contributed by atoms with Crippen molar-refractivity contribution in [3.05, 3.63) is 39.4 Å². The summed E-state index contributed by atoms with van der Waals surface area (Å²) >= 11 is 0. The fraction of sp³-hybridized carbons (Fsp3) is 0.529. The van der Waals surface area contributed by atoms with Crippen LogP contribution in [0.5, 0.6) is 0 Å². The van der Waals surface area contributed by atoms with Gasteiger partial charge in [0.25, 0.3) is 23.9 Å². The summed E-state index contributed by atoms with van der Waals surface area (Å²) in [4.78, 5) is 38.2. The molecule has 2 fully saturated rings. The predicted molar refractivity (Wildman–Crippen MR) is 89.4 cm³/mol. The number of aliphatic hydroxyl groups excluding tert-OH is 1. The number of aryl methyl sites for hydroxylation is 1. The van der Waals surface area contributed by atoms with Crippen LogP contribution in [-0.4, -0.2) is 69.3 Å². The number of nitrogens with zero attached hydrogens (tertiary/aromatic N) is 3. The first-order valence-electron chi connectivity index (χ1n) is 8.53. The average Bonchev–Trinajstić information content (AvgIpc) is 2.89. The van der Waals surface area contributed by atoms with Crippen LogP contribution in [0.15, 0.2) is 18.2 Å². The number of nitro groups is 1. The zero-order valence-corrected chi connectivity index (χ0v) is 14.5. The Balaban J connectivity index is 1.78. The topological polar surface area (TPSA) is 104 Å². The lowest BCUT2D eigenvalue weighted by molar-refractivity contribution is -0.385. The van der Waals surface area contributed by atoms with Crippen molar-refractivity contribution in [2.24, 2.45) is 0 Å². The molecule has 1 aromatic carbocycles. The highest BCUT2D eigenvalue weighted by molar-refractivity contribution is 5.96. The van der Waals surface area contributed by atoms with Gasteiger partial charge in [0, 0.05) is 30.3 Å². The van der Waals surface area contributed by atoms with Crippen molar-refractivity contribution in [3.63, 3.8) is 0 Å². The minimum atomic E-state index is -3.16. The van der Waals surface area contributed by atoms with Gasteiger partial charge in [-0.3, -0.25) is 19.7 Å². The first-order chi connectivity index (χ1) is 12.7. The first kappa shape index (κ1) is 19.2. The Morgan fingerprint density at radius 3 is 2.37 bits per heavy atom. The van der Waals surface area contributed by atoms with E-state index in [-0.39, 0.29) is 42.3 Å². The molecule has 0 radical (unpaired) electrons. The van der Waals surface area contributed by atoms with Crippen molar-refractivity contribution in [2.75, 3.05) is 13.1 Å². The molecule has 0 aromatic heterocycles. The quantitative estimate of drug-likeness (QED) is 0.624. The number of hydrogen-bond acceptors (Lipinski definition) is 5. The zero-order valence-electron chi connectivity index (χ0n) is 14.5. The Kier molecular flexibility index (Phi) is 5.09. The van der Waals surface area contributed by atoms with E-state index in [9.17, 15) is 33.6 Å². The molecule has 1 aromatic rings. The van der Waals surface area contributed by atoms with Crippen LogP contribution in [-0.2, 0) is 4.79 Å². The van der Waals surface area contributed by atoms with Crippen LogP contribution in [0.3, 0.4) is 0 Å². The Labute approximate surface area is 153 Å². The number of hydrogen-bond donors (Lipinski definition) is 1. The highest BCUT2D eigenvalue weighted by Gasteiger charge is 2.45. The molecule has 146 valence electrons. The Morgan fingerprint density at radius 2 is 1.85 bits per heavy atom. The number of fused-ring (bicyclic) bond motifs is 2. The van der Waals surface area contributed by atoms with Crippen LogP contribution in [0.2, 0.25) is 0 Å². The summed E-state index contributed by atoms with van der Waals surface area (Å²) in [5.74, 6) is -1.42. The number of amides is 2. The number of carbonyl (C=O) groups is 2. The number of aliphatic hydroxyl groups is 1. The van der Waals surface area contributed by atoms with Gasteiger partial charge in [0.2, 0.25) is 0 Å². The van der Waals surface area contributed by atoms with E-state index in [1.165, 1.54) is 23.1 Å². The van der Waals surface area contributed by atoms with Crippen molar-refractivity contribution in [3.8, 4) is 0 Å².